The Kier molecular flexibility index (Phi) is 6.77. The van der Waals surface area contributed by atoms with Gasteiger partial charge in [-0.1, -0.05) is 18.6 Å². The summed E-state index contributed by atoms with van der Waals surface area (Å²) >= 11 is 1.81. The number of nitrogens with zero attached hydrogens (tertiary/aromatic N) is 4. The van der Waals surface area contributed by atoms with Crippen molar-refractivity contribution >= 4 is 28.7 Å². The van der Waals surface area contributed by atoms with Gasteiger partial charge in [0.1, 0.15) is 5.82 Å². The number of thioether (sulfide) groups is 1. The largest absolute Gasteiger partial charge is 0.331 e. The second kappa shape index (κ2) is 9.49. The van der Waals surface area contributed by atoms with Gasteiger partial charge >= 0.3 is 0 Å². The van der Waals surface area contributed by atoms with E-state index in [2.05, 4.69) is 40.8 Å². The van der Waals surface area contributed by atoms with Gasteiger partial charge in [-0.25, -0.2) is 4.98 Å². The number of amides is 1. The van der Waals surface area contributed by atoms with Crippen LogP contribution in [0.25, 0.3) is 11.0 Å². The third kappa shape index (κ3) is 4.78. The van der Waals surface area contributed by atoms with Gasteiger partial charge in [0.05, 0.1) is 23.0 Å². The Bertz CT molecular complexity index is 824. The molecule has 0 bridgehead atoms. The minimum Gasteiger partial charge on any atom is -0.331 e. The lowest BCUT2D eigenvalue weighted by Crippen LogP contribution is -2.42. The third-order valence-electron chi connectivity index (χ3n) is 6.40. The van der Waals surface area contributed by atoms with Gasteiger partial charge in [0.2, 0.25) is 5.91 Å². The number of fused-ring (bicyclic) bond motifs is 1. The Morgan fingerprint density at radius 3 is 2.76 bits per heavy atom. The number of carbonyl (C=O) groups excluding carboxylic acids is 1. The molecule has 2 saturated heterocycles. The van der Waals surface area contributed by atoms with Gasteiger partial charge in [0.25, 0.3) is 0 Å². The predicted octanol–water partition coefficient (Wildman–Crippen LogP) is 2.78. The van der Waals surface area contributed by atoms with Crippen LogP contribution in [0.3, 0.4) is 0 Å². The Morgan fingerprint density at radius 2 is 2.03 bits per heavy atom. The normalized spacial score (nSPS) is 19.9. The van der Waals surface area contributed by atoms with Gasteiger partial charge in [-0.2, -0.15) is 0 Å². The van der Waals surface area contributed by atoms with Crippen LogP contribution in [0.1, 0.15) is 43.8 Å². The quantitative estimate of drug-likeness (QED) is 0.705. The van der Waals surface area contributed by atoms with Crippen molar-refractivity contribution < 1.29 is 4.79 Å². The fourth-order valence-corrected chi connectivity index (χ4v) is 5.54. The second-order valence-electron chi connectivity index (χ2n) is 8.37. The van der Waals surface area contributed by atoms with Crippen LogP contribution in [0, 0.1) is 0 Å². The minimum absolute atomic E-state index is 0.137. The molecule has 0 spiro atoms. The van der Waals surface area contributed by atoms with E-state index in [-0.39, 0.29) is 11.9 Å². The maximum Gasteiger partial charge on any atom is 0.240 e. The van der Waals surface area contributed by atoms with Crippen LogP contribution in [-0.4, -0.2) is 69.1 Å². The lowest BCUT2D eigenvalue weighted by Gasteiger charge is -2.31. The van der Waals surface area contributed by atoms with Crippen molar-refractivity contribution in [2.75, 3.05) is 37.8 Å². The summed E-state index contributed by atoms with van der Waals surface area (Å²) in [6.45, 7) is 4.22. The average Bonchev–Trinajstić information content (AvgIpc) is 3.40. The van der Waals surface area contributed by atoms with Crippen LogP contribution in [0.5, 0.6) is 0 Å². The number of benzene rings is 1. The van der Waals surface area contributed by atoms with Gasteiger partial charge in [-0.3, -0.25) is 4.79 Å². The van der Waals surface area contributed by atoms with Crippen molar-refractivity contribution in [2.24, 2.45) is 12.8 Å². The summed E-state index contributed by atoms with van der Waals surface area (Å²) in [5.41, 5.74) is 8.45. The van der Waals surface area contributed by atoms with Crippen molar-refractivity contribution in [2.45, 2.75) is 44.1 Å². The Balaban J connectivity index is 1.18. The van der Waals surface area contributed by atoms with Gasteiger partial charge in [-0.15, -0.1) is 11.8 Å². The molecule has 1 aromatic heterocycles. The van der Waals surface area contributed by atoms with Crippen molar-refractivity contribution in [1.82, 2.24) is 19.4 Å². The van der Waals surface area contributed by atoms with E-state index in [1.165, 1.54) is 24.2 Å². The van der Waals surface area contributed by atoms with Gasteiger partial charge in [-0.05, 0) is 57.5 Å². The molecule has 4 rings (SSSR count). The first-order chi connectivity index (χ1) is 14.1. The van der Waals surface area contributed by atoms with Crippen LogP contribution < -0.4 is 5.73 Å². The summed E-state index contributed by atoms with van der Waals surface area (Å²) in [4.78, 5) is 21.6. The van der Waals surface area contributed by atoms with E-state index in [4.69, 9.17) is 10.7 Å². The molecule has 2 aromatic rings. The highest BCUT2D eigenvalue weighted by Gasteiger charge is 2.25. The molecule has 2 aliphatic rings. The molecule has 1 atom stereocenters. The first-order valence-electron chi connectivity index (χ1n) is 10.9. The van der Waals surface area contributed by atoms with Crippen LogP contribution in [0.4, 0.5) is 0 Å². The molecular weight excluding hydrogens is 382 g/mol. The summed E-state index contributed by atoms with van der Waals surface area (Å²) in [5, 5.41) is 0. The van der Waals surface area contributed by atoms with Crippen molar-refractivity contribution in [3.8, 4) is 0 Å². The molecule has 158 valence electrons. The fraction of sp³-hybridized carbons (Fsp3) is 0.636. The molecule has 1 amide bonds. The standard InChI is InChI=1S/C22H33N5OS/c1-25-20-8-3-2-7-19(20)24-21(25)17-9-12-26(13-10-17)11-5-4-6-18(23)22(28)27-14-15-29-16-27/h2-3,7-8,17-18H,4-6,9-16,23H2,1H3/t18-/m0/s1. The molecule has 0 aliphatic carbocycles. The molecule has 2 fully saturated rings. The summed E-state index contributed by atoms with van der Waals surface area (Å²) in [6, 6.07) is 8.08. The van der Waals surface area contributed by atoms with Gasteiger partial charge in [0, 0.05) is 25.3 Å². The molecule has 3 heterocycles. The van der Waals surface area contributed by atoms with Crippen LogP contribution in [0.15, 0.2) is 24.3 Å². The summed E-state index contributed by atoms with van der Waals surface area (Å²) in [7, 11) is 2.14. The minimum atomic E-state index is -0.322. The number of aromatic nitrogens is 2. The lowest BCUT2D eigenvalue weighted by molar-refractivity contribution is -0.131. The number of aryl methyl sites for hydroxylation is 1. The number of para-hydroxylation sites is 2. The highest BCUT2D eigenvalue weighted by Crippen LogP contribution is 2.29. The molecule has 0 saturated carbocycles. The Morgan fingerprint density at radius 1 is 1.24 bits per heavy atom. The summed E-state index contributed by atoms with van der Waals surface area (Å²) in [6.07, 6.45) is 5.28. The molecule has 7 heteroatoms. The lowest BCUT2D eigenvalue weighted by atomic mass is 9.95. The van der Waals surface area contributed by atoms with Gasteiger partial charge in [0.15, 0.2) is 0 Å². The number of unbranched alkanes of at least 4 members (excludes halogenated alkanes) is 1. The third-order valence-corrected chi connectivity index (χ3v) is 7.36. The van der Waals surface area contributed by atoms with E-state index in [9.17, 15) is 4.79 Å². The highest BCUT2D eigenvalue weighted by atomic mass is 32.2. The van der Waals surface area contributed by atoms with E-state index in [1.54, 1.807) is 0 Å². The maximum absolute atomic E-state index is 12.3. The summed E-state index contributed by atoms with van der Waals surface area (Å²) in [5.74, 6) is 3.78. The van der Waals surface area contributed by atoms with E-state index in [0.717, 1.165) is 62.6 Å². The number of carbonyl (C=O) groups is 1. The maximum atomic E-state index is 12.3. The van der Waals surface area contributed by atoms with Crippen LogP contribution in [-0.2, 0) is 11.8 Å². The number of piperidine rings is 1. The smallest absolute Gasteiger partial charge is 0.240 e. The molecule has 29 heavy (non-hydrogen) atoms. The molecule has 1 aromatic carbocycles. The predicted molar refractivity (Wildman–Crippen MR) is 120 cm³/mol. The number of hydrogen-bond acceptors (Lipinski definition) is 5. The van der Waals surface area contributed by atoms with Crippen LogP contribution in [0.2, 0.25) is 0 Å². The average molecular weight is 416 g/mol. The van der Waals surface area contributed by atoms with E-state index < -0.39 is 0 Å². The Labute approximate surface area is 177 Å². The molecule has 2 N–H and O–H groups in total. The van der Waals surface area contributed by atoms with E-state index >= 15 is 0 Å². The molecule has 2 aliphatic heterocycles. The SMILES string of the molecule is Cn1c(C2CCN(CCCC[C@H](N)C(=O)N3CCSC3)CC2)nc2ccccc21. The van der Waals surface area contributed by atoms with Gasteiger partial charge < -0.3 is 20.1 Å². The number of hydrogen-bond donors (Lipinski definition) is 1. The zero-order chi connectivity index (χ0) is 20.2. The summed E-state index contributed by atoms with van der Waals surface area (Å²) < 4.78 is 2.27. The zero-order valence-corrected chi connectivity index (χ0v) is 18.2. The Hall–Kier alpha value is -1.57. The molecule has 0 unspecified atom stereocenters. The second-order valence-corrected chi connectivity index (χ2v) is 9.45. The van der Waals surface area contributed by atoms with Crippen molar-refractivity contribution in [1.29, 1.82) is 0 Å². The molecule has 6 nitrogen and oxygen atoms in total. The number of imidazole rings is 1. The first kappa shape index (κ1) is 20.7. The number of rotatable bonds is 7. The number of nitrogens with two attached hydrogens (primary N) is 1. The van der Waals surface area contributed by atoms with Crippen molar-refractivity contribution in [3.63, 3.8) is 0 Å². The monoisotopic (exact) mass is 415 g/mol. The zero-order valence-electron chi connectivity index (χ0n) is 17.4. The number of likely N-dealkylation sites (tertiary alicyclic amines) is 1. The first-order valence-corrected chi connectivity index (χ1v) is 12.0. The van der Waals surface area contributed by atoms with Crippen LogP contribution >= 0.6 is 11.8 Å². The van der Waals surface area contributed by atoms with E-state index in [0.29, 0.717) is 5.92 Å². The highest BCUT2D eigenvalue weighted by molar-refractivity contribution is 7.99. The molecule has 0 radical (unpaired) electrons. The fourth-order valence-electron chi connectivity index (χ4n) is 4.59. The topological polar surface area (TPSA) is 67.4 Å². The molecular formula is C22H33N5OS. The van der Waals surface area contributed by atoms with Crippen molar-refractivity contribution in [3.05, 3.63) is 30.1 Å². The van der Waals surface area contributed by atoms with E-state index in [1.807, 2.05) is 16.7 Å².